The number of nitrogens with two attached hydrogens (primary N) is 1. The summed E-state index contributed by atoms with van der Waals surface area (Å²) in [7, 11) is 1.66. The molecule has 2 heterocycles. The van der Waals surface area contributed by atoms with Crippen molar-refractivity contribution in [3.63, 3.8) is 0 Å². The molecule has 1 aliphatic rings. The van der Waals surface area contributed by atoms with Crippen LogP contribution in [0.4, 0.5) is 24.5 Å². The molecule has 2 rings (SSSR count). The van der Waals surface area contributed by atoms with Gasteiger partial charge in [-0.1, -0.05) is 0 Å². The number of piperidine rings is 1. The van der Waals surface area contributed by atoms with Gasteiger partial charge in [-0.05, 0) is 24.8 Å². The standard InChI is InChI=1S/C13H18F3N3O/c1-20-8-9-2-4-19(5-3-9)11-6-12(13(14,15)16)18-7-10(11)17/h6-7,9H,2-5,8,17H2,1H3. The molecule has 0 unspecified atom stereocenters. The number of nitrogen functional groups attached to an aromatic ring is 1. The van der Waals surface area contributed by atoms with Gasteiger partial charge in [0.1, 0.15) is 5.69 Å². The van der Waals surface area contributed by atoms with Gasteiger partial charge in [-0.2, -0.15) is 13.2 Å². The van der Waals surface area contributed by atoms with Crippen molar-refractivity contribution < 1.29 is 17.9 Å². The average molecular weight is 289 g/mol. The minimum Gasteiger partial charge on any atom is -0.396 e. The summed E-state index contributed by atoms with van der Waals surface area (Å²) in [5.74, 6) is 0.460. The molecule has 112 valence electrons. The maximum absolute atomic E-state index is 12.7. The Balaban J connectivity index is 2.13. The van der Waals surface area contributed by atoms with Crippen molar-refractivity contribution in [3.05, 3.63) is 18.0 Å². The van der Waals surface area contributed by atoms with E-state index in [-0.39, 0.29) is 5.69 Å². The van der Waals surface area contributed by atoms with Crippen molar-refractivity contribution in [2.45, 2.75) is 19.0 Å². The molecule has 0 radical (unpaired) electrons. The molecule has 0 aromatic carbocycles. The fraction of sp³-hybridized carbons (Fsp3) is 0.615. The van der Waals surface area contributed by atoms with E-state index in [4.69, 9.17) is 10.5 Å². The van der Waals surface area contributed by atoms with E-state index in [0.29, 0.717) is 31.3 Å². The Morgan fingerprint density at radius 2 is 2.05 bits per heavy atom. The first kappa shape index (κ1) is 14.9. The van der Waals surface area contributed by atoms with Gasteiger partial charge < -0.3 is 15.4 Å². The summed E-state index contributed by atoms with van der Waals surface area (Å²) in [5, 5.41) is 0. The van der Waals surface area contributed by atoms with Crippen molar-refractivity contribution in [1.82, 2.24) is 4.98 Å². The van der Waals surface area contributed by atoms with Gasteiger partial charge in [-0.25, -0.2) is 4.98 Å². The lowest BCUT2D eigenvalue weighted by atomic mass is 9.97. The molecule has 1 saturated heterocycles. The maximum Gasteiger partial charge on any atom is 0.433 e. The third-order valence-corrected chi connectivity index (χ3v) is 3.56. The molecule has 4 nitrogen and oxygen atoms in total. The summed E-state index contributed by atoms with van der Waals surface area (Å²) in [5.41, 5.74) is 5.56. The summed E-state index contributed by atoms with van der Waals surface area (Å²) in [6, 6.07) is 1.03. The Morgan fingerprint density at radius 1 is 1.40 bits per heavy atom. The van der Waals surface area contributed by atoms with Gasteiger partial charge >= 0.3 is 6.18 Å². The molecule has 0 atom stereocenters. The second-order valence-corrected chi connectivity index (χ2v) is 5.01. The zero-order valence-electron chi connectivity index (χ0n) is 11.3. The van der Waals surface area contributed by atoms with E-state index < -0.39 is 11.9 Å². The Hall–Kier alpha value is -1.50. The number of pyridine rings is 1. The molecule has 1 aromatic rings. The second kappa shape index (κ2) is 5.87. The van der Waals surface area contributed by atoms with Gasteiger partial charge in [-0.15, -0.1) is 0 Å². The lowest BCUT2D eigenvalue weighted by Gasteiger charge is -2.34. The van der Waals surface area contributed by atoms with E-state index in [2.05, 4.69) is 4.98 Å². The lowest BCUT2D eigenvalue weighted by Crippen LogP contribution is -2.35. The van der Waals surface area contributed by atoms with Crippen molar-refractivity contribution >= 4 is 11.4 Å². The van der Waals surface area contributed by atoms with Crippen LogP contribution in [0, 0.1) is 5.92 Å². The highest BCUT2D eigenvalue weighted by atomic mass is 19.4. The molecule has 1 fully saturated rings. The average Bonchev–Trinajstić information content (AvgIpc) is 2.39. The SMILES string of the molecule is COCC1CCN(c2cc(C(F)(F)F)ncc2N)CC1. The molecular weight excluding hydrogens is 271 g/mol. The van der Waals surface area contributed by atoms with Crippen molar-refractivity contribution in [3.8, 4) is 0 Å². The van der Waals surface area contributed by atoms with E-state index in [0.717, 1.165) is 25.1 Å². The molecule has 0 saturated carbocycles. The fourth-order valence-electron chi connectivity index (χ4n) is 2.46. The van der Waals surface area contributed by atoms with Crippen molar-refractivity contribution in [1.29, 1.82) is 0 Å². The van der Waals surface area contributed by atoms with Crippen molar-refractivity contribution in [2.75, 3.05) is 37.4 Å². The van der Waals surface area contributed by atoms with Crippen LogP contribution >= 0.6 is 0 Å². The van der Waals surface area contributed by atoms with Crippen molar-refractivity contribution in [2.24, 2.45) is 5.92 Å². The van der Waals surface area contributed by atoms with Crippen LogP contribution in [0.25, 0.3) is 0 Å². The minimum absolute atomic E-state index is 0.281. The number of methoxy groups -OCH3 is 1. The van der Waals surface area contributed by atoms with Gasteiger partial charge in [0.2, 0.25) is 0 Å². The largest absolute Gasteiger partial charge is 0.433 e. The van der Waals surface area contributed by atoms with Gasteiger partial charge in [0.25, 0.3) is 0 Å². The lowest BCUT2D eigenvalue weighted by molar-refractivity contribution is -0.141. The maximum atomic E-state index is 12.7. The Kier molecular flexibility index (Phi) is 4.37. The highest BCUT2D eigenvalue weighted by Gasteiger charge is 2.33. The van der Waals surface area contributed by atoms with Crippen LogP contribution in [0.5, 0.6) is 0 Å². The predicted molar refractivity (Wildman–Crippen MR) is 70.5 cm³/mol. The minimum atomic E-state index is -4.45. The van der Waals surface area contributed by atoms with Crippen LogP contribution in [-0.4, -0.2) is 31.8 Å². The van der Waals surface area contributed by atoms with E-state index in [1.165, 1.54) is 0 Å². The third kappa shape index (κ3) is 3.33. The first-order valence-electron chi connectivity index (χ1n) is 6.48. The van der Waals surface area contributed by atoms with Gasteiger partial charge in [-0.3, -0.25) is 0 Å². The Labute approximate surface area is 115 Å². The molecule has 20 heavy (non-hydrogen) atoms. The number of hydrogen-bond acceptors (Lipinski definition) is 4. The van der Waals surface area contributed by atoms with E-state index in [1.807, 2.05) is 4.90 Å². The second-order valence-electron chi connectivity index (χ2n) is 5.01. The number of hydrogen-bond donors (Lipinski definition) is 1. The molecule has 0 aliphatic carbocycles. The number of anilines is 2. The number of rotatable bonds is 3. The summed E-state index contributed by atoms with van der Waals surface area (Å²) >= 11 is 0. The number of aromatic nitrogens is 1. The molecule has 0 amide bonds. The fourth-order valence-corrected chi connectivity index (χ4v) is 2.46. The first-order valence-corrected chi connectivity index (χ1v) is 6.48. The molecular formula is C13H18F3N3O. The molecule has 0 bridgehead atoms. The first-order chi connectivity index (χ1) is 9.41. The molecule has 1 aromatic heterocycles. The molecule has 2 N–H and O–H groups in total. The monoisotopic (exact) mass is 289 g/mol. The van der Waals surface area contributed by atoms with Gasteiger partial charge in [0, 0.05) is 26.8 Å². The molecule has 0 spiro atoms. The number of alkyl halides is 3. The Morgan fingerprint density at radius 3 is 2.60 bits per heavy atom. The zero-order valence-corrected chi connectivity index (χ0v) is 11.3. The summed E-state index contributed by atoms with van der Waals surface area (Å²) in [4.78, 5) is 5.24. The summed E-state index contributed by atoms with van der Waals surface area (Å²) in [6.45, 7) is 2.05. The smallest absolute Gasteiger partial charge is 0.396 e. The van der Waals surface area contributed by atoms with Crippen LogP contribution in [0.2, 0.25) is 0 Å². The third-order valence-electron chi connectivity index (χ3n) is 3.56. The Bertz CT molecular complexity index is 457. The quantitative estimate of drug-likeness (QED) is 0.929. The molecule has 1 aliphatic heterocycles. The number of ether oxygens (including phenoxy) is 1. The predicted octanol–water partition coefficient (Wildman–Crippen LogP) is 2.55. The summed E-state index contributed by atoms with van der Waals surface area (Å²) < 4.78 is 43.2. The van der Waals surface area contributed by atoms with Crippen LogP contribution in [0.3, 0.4) is 0 Å². The topological polar surface area (TPSA) is 51.4 Å². The van der Waals surface area contributed by atoms with E-state index in [1.54, 1.807) is 7.11 Å². The normalized spacial score (nSPS) is 17.5. The number of halogens is 3. The van der Waals surface area contributed by atoms with Gasteiger partial charge in [0.05, 0.1) is 17.6 Å². The van der Waals surface area contributed by atoms with Crippen LogP contribution < -0.4 is 10.6 Å². The number of nitrogens with zero attached hydrogens (tertiary/aromatic N) is 2. The highest BCUT2D eigenvalue weighted by molar-refractivity contribution is 5.67. The van der Waals surface area contributed by atoms with Crippen LogP contribution in [0.1, 0.15) is 18.5 Å². The van der Waals surface area contributed by atoms with Crippen LogP contribution in [-0.2, 0) is 10.9 Å². The van der Waals surface area contributed by atoms with Crippen LogP contribution in [0.15, 0.2) is 12.3 Å². The summed E-state index contributed by atoms with van der Waals surface area (Å²) in [6.07, 6.45) is -1.59. The molecule has 7 heteroatoms. The van der Waals surface area contributed by atoms with E-state index >= 15 is 0 Å². The highest BCUT2D eigenvalue weighted by Crippen LogP contribution is 2.34. The zero-order chi connectivity index (χ0) is 14.8. The van der Waals surface area contributed by atoms with Gasteiger partial charge in [0.15, 0.2) is 0 Å². The van der Waals surface area contributed by atoms with E-state index in [9.17, 15) is 13.2 Å².